The van der Waals surface area contributed by atoms with Crippen molar-refractivity contribution >= 4 is 127 Å². The van der Waals surface area contributed by atoms with E-state index >= 15 is 0 Å². The fraction of sp³-hybridized carbons (Fsp3) is 0.250. The molecule has 0 spiro atoms. The van der Waals surface area contributed by atoms with E-state index in [2.05, 4.69) is 41.7 Å². The van der Waals surface area contributed by atoms with Crippen LogP contribution in [-0.4, -0.2) is 60.5 Å². The average Bonchev–Trinajstić information content (AvgIpc) is 3.30. The minimum atomic E-state index is -1.66. The highest BCUT2D eigenvalue weighted by Crippen LogP contribution is 2.35. The molecule has 4 amide bonds. The third-order valence-corrected chi connectivity index (χ3v) is 11.5. The van der Waals surface area contributed by atoms with Crippen LogP contribution in [0.5, 0.6) is 11.5 Å². The molecule has 16 nitrogen and oxygen atoms in total. The van der Waals surface area contributed by atoms with Gasteiger partial charge in [-0.25, -0.2) is 0 Å². The maximum Gasteiger partial charge on any atom is 0.258 e. The van der Waals surface area contributed by atoms with Gasteiger partial charge in [-0.15, -0.1) is 34.8 Å². The summed E-state index contributed by atoms with van der Waals surface area (Å²) in [5.74, 6) is -2.95. The molecular weight excluding hydrogens is 994 g/mol. The zero-order valence-electron chi connectivity index (χ0n) is 37.7. The number of hydrogen-bond acceptors (Lipinski definition) is 12. The number of hydrogen-bond donors (Lipinski definition) is 4. The predicted octanol–water partition coefficient (Wildman–Crippen LogP) is 12.4. The Balaban J connectivity index is 1.29. The number of rotatable bonds is 21. The zero-order valence-corrected chi connectivity index (χ0v) is 41.4. The predicted molar refractivity (Wildman–Crippen MR) is 269 cm³/mol. The molecule has 0 heterocycles. The molecule has 0 aliphatic carbocycles. The van der Waals surface area contributed by atoms with Gasteiger partial charge in [-0.1, -0.05) is 47.5 Å². The first-order chi connectivity index (χ1) is 33.0. The van der Waals surface area contributed by atoms with E-state index in [1.54, 1.807) is 43.3 Å². The fourth-order valence-electron chi connectivity index (χ4n) is 6.39. The summed E-state index contributed by atoms with van der Waals surface area (Å²) in [4.78, 5) is 79.2. The van der Waals surface area contributed by atoms with Gasteiger partial charge >= 0.3 is 0 Å². The molecule has 0 aliphatic heterocycles. The van der Waals surface area contributed by atoms with Gasteiger partial charge in [0.05, 0.1) is 39.8 Å². The molecule has 3 unspecified atom stereocenters. The molecule has 21 heteroatoms. The smallest absolute Gasteiger partial charge is 0.258 e. The standard InChI is InChI=1S/C48H45Cl5N8O8/c1-6-68-31-17-14-28(23-49)39(21-31)56-45(64)33-10-8-12-37(41(33)52)58-60-43(26(4)62)47(66)54-30-16-19-36(35(20-30)25(3)51)55-48(67)44(27(5)63)61-59-38-13-9-11-34(42(38)53)46(65)57-40-22-32(69-7-2)18-15-29(40)24-50/h8-22,25,43-44H,6-7,23-24H2,1-5H3,(H,54,66)(H,55,67)(H,56,64)(H,57,65). The summed E-state index contributed by atoms with van der Waals surface area (Å²) in [6.45, 7) is 8.39. The number of halogens is 5. The lowest BCUT2D eigenvalue weighted by molar-refractivity contribution is -0.127. The molecule has 5 aromatic rings. The highest BCUT2D eigenvalue weighted by molar-refractivity contribution is 6.37. The van der Waals surface area contributed by atoms with Gasteiger partial charge in [0.15, 0.2) is 11.6 Å². The van der Waals surface area contributed by atoms with Crippen molar-refractivity contribution in [3.63, 3.8) is 0 Å². The van der Waals surface area contributed by atoms with Gasteiger partial charge in [0, 0.05) is 46.6 Å². The first kappa shape index (κ1) is 53.5. The van der Waals surface area contributed by atoms with Crippen molar-refractivity contribution in [3.05, 3.63) is 129 Å². The third-order valence-electron chi connectivity index (χ3n) is 9.85. The number of carbonyl (C=O) groups is 6. The molecule has 69 heavy (non-hydrogen) atoms. The number of nitrogens with one attached hydrogen (secondary N) is 4. The highest BCUT2D eigenvalue weighted by atomic mass is 35.5. The second-order valence-electron chi connectivity index (χ2n) is 14.8. The van der Waals surface area contributed by atoms with Crippen LogP contribution in [0.2, 0.25) is 10.0 Å². The normalized spacial score (nSPS) is 12.5. The van der Waals surface area contributed by atoms with Gasteiger partial charge < -0.3 is 30.7 Å². The van der Waals surface area contributed by atoms with Crippen LogP contribution in [-0.2, 0) is 30.9 Å². The number of benzene rings is 5. The van der Waals surface area contributed by atoms with Crippen LogP contribution in [0.15, 0.2) is 111 Å². The molecule has 0 saturated heterocycles. The monoisotopic (exact) mass is 1040 g/mol. The summed E-state index contributed by atoms with van der Waals surface area (Å²) >= 11 is 31.9. The van der Waals surface area contributed by atoms with E-state index in [4.69, 9.17) is 67.5 Å². The molecule has 0 saturated carbocycles. The lowest BCUT2D eigenvalue weighted by atomic mass is 10.1. The van der Waals surface area contributed by atoms with Gasteiger partial charge in [-0.2, -0.15) is 20.5 Å². The Morgan fingerprint density at radius 2 is 1.03 bits per heavy atom. The molecule has 5 rings (SSSR count). The van der Waals surface area contributed by atoms with Gasteiger partial charge in [-0.05, 0) is 106 Å². The molecule has 0 aliphatic rings. The van der Waals surface area contributed by atoms with Crippen molar-refractivity contribution in [3.8, 4) is 11.5 Å². The number of ketones is 2. The largest absolute Gasteiger partial charge is 0.494 e. The molecule has 0 bridgehead atoms. The second kappa shape index (κ2) is 25.3. The van der Waals surface area contributed by atoms with Crippen LogP contribution in [0, 0.1) is 0 Å². The van der Waals surface area contributed by atoms with Crippen molar-refractivity contribution in [2.45, 2.75) is 63.8 Å². The summed E-state index contributed by atoms with van der Waals surface area (Å²) in [5, 5.41) is 26.0. The van der Waals surface area contributed by atoms with Crippen LogP contribution >= 0.6 is 58.0 Å². The minimum Gasteiger partial charge on any atom is -0.494 e. The number of azo groups is 2. The molecule has 360 valence electrons. The Bertz CT molecular complexity index is 2820. The first-order valence-electron chi connectivity index (χ1n) is 21.0. The van der Waals surface area contributed by atoms with Crippen molar-refractivity contribution in [2.75, 3.05) is 34.5 Å². The maximum atomic E-state index is 13.6. The Kier molecular flexibility index (Phi) is 19.6. The van der Waals surface area contributed by atoms with Crippen LogP contribution < -0.4 is 30.7 Å². The lowest BCUT2D eigenvalue weighted by Gasteiger charge is -2.17. The van der Waals surface area contributed by atoms with Gasteiger partial charge in [0.25, 0.3) is 23.6 Å². The van der Waals surface area contributed by atoms with E-state index in [9.17, 15) is 28.8 Å². The van der Waals surface area contributed by atoms with E-state index in [-0.39, 0.29) is 55.7 Å². The van der Waals surface area contributed by atoms with Crippen LogP contribution in [0.4, 0.5) is 34.1 Å². The fourth-order valence-corrected chi connectivity index (χ4v) is 7.53. The Labute approximate surface area is 422 Å². The van der Waals surface area contributed by atoms with Crippen molar-refractivity contribution < 1.29 is 38.2 Å². The second-order valence-corrected chi connectivity index (χ2v) is 16.8. The number of nitrogens with zero attached hydrogens (tertiary/aromatic N) is 4. The molecule has 0 radical (unpaired) electrons. The van der Waals surface area contributed by atoms with Gasteiger partial charge in [-0.3, -0.25) is 28.8 Å². The summed E-state index contributed by atoms with van der Waals surface area (Å²) < 4.78 is 11.1. The van der Waals surface area contributed by atoms with E-state index in [0.717, 1.165) is 13.8 Å². The molecular formula is C48H45Cl5N8O8. The van der Waals surface area contributed by atoms with Crippen molar-refractivity contribution in [1.82, 2.24) is 0 Å². The molecule has 4 N–H and O–H groups in total. The number of amides is 4. The number of Topliss-reactive ketones (excluding diaryl/α,β-unsaturated/α-hetero) is 2. The van der Waals surface area contributed by atoms with Gasteiger partial charge in [0.2, 0.25) is 12.1 Å². The van der Waals surface area contributed by atoms with E-state index in [1.165, 1.54) is 54.6 Å². The Morgan fingerprint density at radius 1 is 0.580 bits per heavy atom. The minimum absolute atomic E-state index is 0.00363. The molecule has 3 atom stereocenters. The first-order valence-corrected chi connectivity index (χ1v) is 23.3. The summed E-state index contributed by atoms with van der Waals surface area (Å²) in [5.41, 5.74) is 2.85. The number of alkyl halides is 3. The average molecular weight is 1040 g/mol. The molecule has 0 aromatic heterocycles. The number of carbonyl (C=O) groups excluding carboxylic acids is 6. The number of ether oxygens (including phenoxy) is 2. The Hall–Kier alpha value is -6.43. The third kappa shape index (κ3) is 14.1. The van der Waals surface area contributed by atoms with Crippen LogP contribution in [0.3, 0.4) is 0 Å². The van der Waals surface area contributed by atoms with Crippen LogP contribution in [0.1, 0.15) is 77.4 Å². The van der Waals surface area contributed by atoms with E-state index in [0.29, 0.717) is 52.8 Å². The summed E-state index contributed by atoms with van der Waals surface area (Å²) in [6, 6.07) is 20.1. The topological polar surface area (TPSA) is 218 Å². The highest BCUT2D eigenvalue weighted by Gasteiger charge is 2.27. The van der Waals surface area contributed by atoms with Crippen molar-refractivity contribution in [1.29, 1.82) is 0 Å². The maximum absolute atomic E-state index is 13.6. The lowest BCUT2D eigenvalue weighted by Crippen LogP contribution is -2.32. The quantitative estimate of drug-likeness (QED) is 0.0314. The molecule has 5 aromatic carbocycles. The summed E-state index contributed by atoms with van der Waals surface area (Å²) in [6.07, 6.45) is 0. The Morgan fingerprint density at radius 3 is 1.43 bits per heavy atom. The zero-order chi connectivity index (χ0) is 50.4. The SMILES string of the molecule is CCOc1ccc(CCl)c(NC(=O)c2cccc(N=NC(C(C)=O)C(=O)Nc3ccc(NC(=O)C(N=Nc4cccc(C(=O)Nc5cc(OCC)ccc5CCl)c4Cl)C(C)=O)c(C(C)Cl)c3)c2Cl)c1. The van der Waals surface area contributed by atoms with Gasteiger partial charge in [0.1, 0.15) is 22.9 Å². The summed E-state index contributed by atoms with van der Waals surface area (Å²) in [7, 11) is 0. The van der Waals surface area contributed by atoms with E-state index in [1.807, 2.05) is 13.8 Å². The van der Waals surface area contributed by atoms with Crippen LogP contribution in [0.25, 0.3) is 0 Å². The molecule has 0 fully saturated rings. The van der Waals surface area contributed by atoms with E-state index < -0.39 is 52.7 Å². The van der Waals surface area contributed by atoms with Crippen molar-refractivity contribution in [2.24, 2.45) is 20.5 Å². The number of anilines is 4.